The summed E-state index contributed by atoms with van der Waals surface area (Å²) >= 11 is 0. The summed E-state index contributed by atoms with van der Waals surface area (Å²) in [5.41, 5.74) is 1.63. The Balaban J connectivity index is 1.80. The van der Waals surface area contributed by atoms with E-state index in [0.29, 0.717) is 30.5 Å². The maximum atomic E-state index is 12.5. The molecule has 0 spiro atoms. The molecule has 0 aliphatic carbocycles. The van der Waals surface area contributed by atoms with Crippen molar-refractivity contribution in [1.29, 1.82) is 0 Å². The van der Waals surface area contributed by atoms with Crippen molar-refractivity contribution in [3.63, 3.8) is 0 Å². The molecule has 1 N–H and O–H groups in total. The van der Waals surface area contributed by atoms with Gasteiger partial charge in [-0.1, -0.05) is 17.3 Å². The second-order valence-corrected chi connectivity index (χ2v) is 6.33. The number of fused-ring (bicyclic) bond motifs is 1. The van der Waals surface area contributed by atoms with Crippen molar-refractivity contribution < 1.29 is 9.32 Å². The minimum atomic E-state index is -0.698. The van der Waals surface area contributed by atoms with Crippen LogP contribution in [0.2, 0.25) is 0 Å². The summed E-state index contributed by atoms with van der Waals surface area (Å²) in [4.78, 5) is 37.2. The fraction of sp³-hybridized carbons (Fsp3) is 0.368. The maximum absolute atomic E-state index is 12.5. The van der Waals surface area contributed by atoms with Gasteiger partial charge in [-0.25, -0.2) is 0 Å². The van der Waals surface area contributed by atoms with E-state index in [0.717, 1.165) is 17.0 Å². The predicted molar refractivity (Wildman–Crippen MR) is 101 cm³/mol. The molecule has 0 bridgehead atoms. The van der Waals surface area contributed by atoms with Crippen LogP contribution in [0.5, 0.6) is 0 Å². The molecule has 0 unspecified atom stereocenters. The van der Waals surface area contributed by atoms with E-state index in [4.69, 9.17) is 4.52 Å². The Morgan fingerprint density at radius 3 is 2.33 bits per heavy atom. The lowest BCUT2D eigenvalue weighted by atomic mass is 10.1. The van der Waals surface area contributed by atoms with E-state index < -0.39 is 11.1 Å². The van der Waals surface area contributed by atoms with Gasteiger partial charge in [-0.3, -0.25) is 19.0 Å². The molecule has 1 aromatic carbocycles. The van der Waals surface area contributed by atoms with E-state index in [2.05, 4.69) is 10.5 Å². The molecular formula is C19H22N4O4. The molecule has 3 aromatic rings. The molecule has 1 amide bonds. The molecule has 2 aromatic heterocycles. The van der Waals surface area contributed by atoms with Crippen LogP contribution in [0.3, 0.4) is 0 Å². The number of benzene rings is 1. The summed E-state index contributed by atoms with van der Waals surface area (Å²) in [5, 5.41) is 6.67. The highest BCUT2D eigenvalue weighted by molar-refractivity contribution is 5.80. The van der Waals surface area contributed by atoms with Crippen LogP contribution in [0.1, 0.15) is 23.9 Å². The molecule has 2 heterocycles. The third-order valence-electron chi connectivity index (χ3n) is 4.63. The summed E-state index contributed by atoms with van der Waals surface area (Å²) in [6, 6.07) is 7.08. The number of rotatable bonds is 6. The molecule has 142 valence electrons. The van der Waals surface area contributed by atoms with Gasteiger partial charge < -0.3 is 14.4 Å². The Labute approximate surface area is 155 Å². The maximum Gasteiger partial charge on any atom is 0.317 e. The van der Waals surface area contributed by atoms with E-state index in [-0.39, 0.29) is 12.5 Å². The number of amides is 1. The van der Waals surface area contributed by atoms with Gasteiger partial charge in [-0.05, 0) is 39.3 Å². The highest BCUT2D eigenvalue weighted by atomic mass is 16.5. The van der Waals surface area contributed by atoms with Crippen LogP contribution >= 0.6 is 0 Å². The minimum absolute atomic E-state index is 0.208. The first-order valence-corrected chi connectivity index (χ1v) is 8.84. The number of nitrogens with zero attached hydrogens (tertiary/aromatic N) is 3. The second-order valence-electron chi connectivity index (χ2n) is 6.33. The predicted octanol–water partition coefficient (Wildman–Crippen LogP) is 1.15. The van der Waals surface area contributed by atoms with Crippen LogP contribution in [0.25, 0.3) is 11.0 Å². The highest BCUT2D eigenvalue weighted by Crippen LogP contribution is 2.12. The molecular weight excluding hydrogens is 348 g/mol. The van der Waals surface area contributed by atoms with Gasteiger partial charge in [0.05, 0.1) is 16.7 Å². The fourth-order valence-electron chi connectivity index (χ4n) is 3.23. The number of para-hydroxylation sites is 2. The van der Waals surface area contributed by atoms with E-state index in [1.807, 2.05) is 13.8 Å². The van der Waals surface area contributed by atoms with Crippen LogP contribution < -0.4 is 16.4 Å². The normalized spacial score (nSPS) is 11.1. The van der Waals surface area contributed by atoms with Crippen molar-refractivity contribution in [3.8, 4) is 0 Å². The molecule has 0 fully saturated rings. The lowest BCUT2D eigenvalue weighted by molar-refractivity contribution is -0.121. The Hall–Kier alpha value is -3.16. The van der Waals surface area contributed by atoms with Crippen molar-refractivity contribution in [1.82, 2.24) is 19.6 Å². The van der Waals surface area contributed by atoms with Gasteiger partial charge in [0.15, 0.2) is 0 Å². The molecule has 0 atom stereocenters. The second kappa shape index (κ2) is 7.61. The summed E-state index contributed by atoms with van der Waals surface area (Å²) in [6.45, 7) is 6.05. The largest absolute Gasteiger partial charge is 0.361 e. The van der Waals surface area contributed by atoms with Gasteiger partial charge >= 0.3 is 11.1 Å². The number of aryl methyl sites for hydroxylation is 3. The molecule has 0 radical (unpaired) electrons. The van der Waals surface area contributed by atoms with Crippen molar-refractivity contribution in [2.24, 2.45) is 0 Å². The third kappa shape index (κ3) is 3.55. The standard InChI is InChI=1S/C19H22N4O4/c1-4-22-15-7-5-6-8-16(15)23(19(26)18(22)25)11-17(24)20-10-9-14-12(2)21-27-13(14)3/h5-8H,4,9-11H2,1-3H3,(H,20,24). The summed E-state index contributed by atoms with van der Waals surface area (Å²) < 4.78 is 7.75. The van der Waals surface area contributed by atoms with E-state index in [9.17, 15) is 14.4 Å². The van der Waals surface area contributed by atoms with Crippen LogP contribution in [-0.4, -0.2) is 26.7 Å². The van der Waals surface area contributed by atoms with Gasteiger partial charge in [-0.15, -0.1) is 0 Å². The van der Waals surface area contributed by atoms with Gasteiger partial charge in [0.2, 0.25) is 5.91 Å². The van der Waals surface area contributed by atoms with E-state index in [1.165, 1.54) is 9.13 Å². The number of carbonyl (C=O) groups is 1. The van der Waals surface area contributed by atoms with Crippen molar-refractivity contribution in [2.45, 2.75) is 40.3 Å². The summed E-state index contributed by atoms with van der Waals surface area (Å²) in [5.74, 6) is 0.398. The number of hydrogen-bond acceptors (Lipinski definition) is 5. The number of nitrogens with one attached hydrogen (secondary N) is 1. The number of carbonyl (C=O) groups excluding carboxylic acids is 1. The Bertz CT molecular complexity index is 1090. The monoisotopic (exact) mass is 370 g/mol. The van der Waals surface area contributed by atoms with E-state index >= 15 is 0 Å². The molecule has 8 heteroatoms. The molecule has 0 saturated heterocycles. The molecule has 0 aliphatic heterocycles. The summed E-state index contributed by atoms with van der Waals surface area (Å²) in [7, 11) is 0. The van der Waals surface area contributed by atoms with Crippen LogP contribution in [0, 0.1) is 13.8 Å². The highest BCUT2D eigenvalue weighted by Gasteiger charge is 2.15. The third-order valence-corrected chi connectivity index (χ3v) is 4.63. The lowest BCUT2D eigenvalue weighted by Gasteiger charge is -2.14. The molecule has 0 saturated carbocycles. The first kappa shape index (κ1) is 18.6. The van der Waals surface area contributed by atoms with Gasteiger partial charge in [0, 0.05) is 18.7 Å². The van der Waals surface area contributed by atoms with Crippen LogP contribution in [-0.2, 0) is 24.3 Å². The zero-order valence-electron chi connectivity index (χ0n) is 15.6. The number of aromatic nitrogens is 3. The van der Waals surface area contributed by atoms with Crippen molar-refractivity contribution in [2.75, 3.05) is 6.54 Å². The quantitative estimate of drug-likeness (QED) is 0.656. The fourth-order valence-corrected chi connectivity index (χ4v) is 3.23. The zero-order valence-corrected chi connectivity index (χ0v) is 15.6. The Morgan fingerprint density at radius 1 is 1.11 bits per heavy atom. The average molecular weight is 370 g/mol. The zero-order chi connectivity index (χ0) is 19.6. The minimum Gasteiger partial charge on any atom is -0.361 e. The molecule has 3 rings (SSSR count). The lowest BCUT2D eigenvalue weighted by Crippen LogP contribution is -2.43. The van der Waals surface area contributed by atoms with Crippen molar-refractivity contribution in [3.05, 3.63) is 62.0 Å². The smallest absolute Gasteiger partial charge is 0.317 e. The van der Waals surface area contributed by atoms with Crippen molar-refractivity contribution >= 4 is 16.9 Å². The van der Waals surface area contributed by atoms with Gasteiger partial charge in [0.1, 0.15) is 12.3 Å². The Kier molecular flexibility index (Phi) is 5.25. The first-order valence-electron chi connectivity index (χ1n) is 8.84. The summed E-state index contributed by atoms with van der Waals surface area (Å²) in [6.07, 6.45) is 0.583. The van der Waals surface area contributed by atoms with E-state index in [1.54, 1.807) is 31.2 Å². The van der Waals surface area contributed by atoms with Crippen LogP contribution in [0.4, 0.5) is 0 Å². The topological polar surface area (TPSA) is 99.1 Å². The molecule has 8 nitrogen and oxygen atoms in total. The first-order chi connectivity index (χ1) is 12.9. The molecule has 27 heavy (non-hydrogen) atoms. The van der Waals surface area contributed by atoms with Gasteiger partial charge in [-0.2, -0.15) is 0 Å². The van der Waals surface area contributed by atoms with Gasteiger partial charge in [0.25, 0.3) is 0 Å². The molecule has 0 aliphatic rings. The Morgan fingerprint density at radius 2 is 1.74 bits per heavy atom. The number of hydrogen-bond donors (Lipinski definition) is 1. The average Bonchev–Trinajstić information content (AvgIpc) is 2.98. The van der Waals surface area contributed by atoms with Crippen LogP contribution in [0.15, 0.2) is 38.4 Å². The SMILES string of the molecule is CCn1c(=O)c(=O)n(CC(=O)NCCc2c(C)noc2C)c2ccccc21.